The second kappa shape index (κ2) is 7.92. The summed E-state index contributed by atoms with van der Waals surface area (Å²) in [6, 6.07) is 7.80. The molecular formula is C22H31N7O. The van der Waals surface area contributed by atoms with E-state index in [2.05, 4.69) is 71.1 Å². The smallest absolute Gasteiger partial charge is 0.253 e. The predicted molar refractivity (Wildman–Crippen MR) is 118 cm³/mol. The van der Waals surface area contributed by atoms with Crippen LogP contribution in [0.25, 0.3) is 10.9 Å². The number of aryl methyl sites for hydroxylation is 1. The lowest BCUT2D eigenvalue weighted by Crippen LogP contribution is -2.48. The van der Waals surface area contributed by atoms with E-state index >= 15 is 0 Å². The van der Waals surface area contributed by atoms with Crippen LogP contribution in [0.5, 0.6) is 0 Å². The number of piperazine rings is 1. The Morgan fingerprint density at radius 2 is 1.90 bits per heavy atom. The number of fused-ring (bicyclic) bond motifs is 1. The van der Waals surface area contributed by atoms with Crippen LogP contribution < -0.4 is 5.56 Å². The molecule has 0 amide bonds. The van der Waals surface area contributed by atoms with E-state index in [1.54, 1.807) is 0 Å². The molecule has 0 bridgehead atoms. The number of rotatable bonds is 5. The first-order valence-corrected chi connectivity index (χ1v) is 10.6. The SMILES string of the molecule is CCC(C)(C)n1nnnc1[C@H](c1cc2cc(C)ccc2[nH]c1=O)N1CCN(C)CC1. The zero-order valence-corrected chi connectivity index (χ0v) is 18.5. The minimum Gasteiger partial charge on any atom is -0.322 e. The summed E-state index contributed by atoms with van der Waals surface area (Å²) in [5, 5.41) is 13.8. The second-order valence-corrected chi connectivity index (χ2v) is 9.00. The van der Waals surface area contributed by atoms with E-state index in [0.29, 0.717) is 5.56 Å². The van der Waals surface area contributed by atoms with E-state index in [1.165, 1.54) is 0 Å². The van der Waals surface area contributed by atoms with Crippen molar-refractivity contribution < 1.29 is 0 Å². The van der Waals surface area contributed by atoms with Crippen molar-refractivity contribution in [3.63, 3.8) is 0 Å². The van der Waals surface area contributed by atoms with Gasteiger partial charge in [-0.2, -0.15) is 0 Å². The van der Waals surface area contributed by atoms with Crippen molar-refractivity contribution in [2.24, 2.45) is 0 Å². The van der Waals surface area contributed by atoms with Gasteiger partial charge >= 0.3 is 0 Å². The third-order valence-corrected chi connectivity index (χ3v) is 6.40. The van der Waals surface area contributed by atoms with Crippen LogP contribution in [0.15, 0.2) is 29.1 Å². The molecule has 3 heterocycles. The molecule has 1 aromatic carbocycles. The number of nitrogens with one attached hydrogen (secondary N) is 1. The summed E-state index contributed by atoms with van der Waals surface area (Å²) in [7, 11) is 2.13. The van der Waals surface area contributed by atoms with Gasteiger partial charge in [0.05, 0.1) is 5.54 Å². The fourth-order valence-corrected chi connectivity index (χ4v) is 4.07. The molecule has 0 unspecified atom stereocenters. The summed E-state index contributed by atoms with van der Waals surface area (Å²) in [5.41, 5.74) is 2.37. The zero-order valence-electron chi connectivity index (χ0n) is 18.5. The molecule has 8 nitrogen and oxygen atoms in total. The highest BCUT2D eigenvalue weighted by Gasteiger charge is 2.35. The monoisotopic (exact) mass is 409 g/mol. The first-order valence-electron chi connectivity index (χ1n) is 10.6. The van der Waals surface area contributed by atoms with Crippen molar-refractivity contribution in [1.29, 1.82) is 0 Å². The molecule has 0 aliphatic carbocycles. The number of nitrogens with zero attached hydrogens (tertiary/aromatic N) is 6. The molecule has 0 radical (unpaired) electrons. The van der Waals surface area contributed by atoms with Gasteiger partial charge in [0, 0.05) is 37.3 Å². The Hall–Kier alpha value is -2.58. The van der Waals surface area contributed by atoms with Crippen molar-refractivity contribution in [3.8, 4) is 0 Å². The summed E-state index contributed by atoms with van der Waals surface area (Å²) in [6.45, 7) is 12.0. The van der Waals surface area contributed by atoms with Gasteiger partial charge in [-0.05, 0) is 68.3 Å². The van der Waals surface area contributed by atoms with Crippen LogP contribution >= 0.6 is 0 Å². The number of benzene rings is 1. The second-order valence-electron chi connectivity index (χ2n) is 9.00. The van der Waals surface area contributed by atoms with Crippen LogP contribution in [0.1, 0.15) is 50.2 Å². The van der Waals surface area contributed by atoms with Gasteiger partial charge in [0.25, 0.3) is 5.56 Å². The number of tetrazole rings is 1. The third-order valence-electron chi connectivity index (χ3n) is 6.40. The third kappa shape index (κ3) is 3.77. The molecule has 160 valence electrons. The first-order chi connectivity index (χ1) is 14.3. The number of hydrogen-bond acceptors (Lipinski definition) is 6. The van der Waals surface area contributed by atoms with Crippen molar-refractivity contribution in [3.05, 3.63) is 51.6 Å². The Labute approximate surface area is 176 Å². The number of aromatic nitrogens is 5. The lowest BCUT2D eigenvalue weighted by atomic mass is 9.98. The van der Waals surface area contributed by atoms with Crippen molar-refractivity contribution in [2.75, 3.05) is 33.2 Å². The highest BCUT2D eigenvalue weighted by atomic mass is 16.1. The molecule has 1 aliphatic heterocycles. The maximum atomic E-state index is 13.2. The quantitative estimate of drug-likeness (QED) is 0.696. The molecule has 0 saturated carbocycles. The van der Waals surface area contributed by atoms with Crippen LogP contribution in [-0.2, 0) is 5.54 Å². The summed E-state index contributed by atoms with van der Waals surface area (Å²) in [4.78, 5) is 20.9. The van der Waals surface area contributed by atoms with E-state index < -0.39 is 0 Å². The summed E-state index contributed by atoms with van der Waals surface area (Å²) >= 11 is 0. The van der Waals surface area contributed by atoms with Crippen LogP contribution in [0.3, 0.4) is 0 Å². The Bertz CT molecular complexity index is 1090. The fraction of sp³-hybridized carbons (Fsp3) is 0.545. The molecule has 4 rings (SSSR count). The predicted octanol–water partition coefficient (Wildman–Crippen LogP) is 2.30. The molecule has 8 heteroatoms. The lowest BCUT2D eigenvalue weighted by Gasteiger charge is -2.38. The van der Waals surface area contributed by atoms with E-state index in [9.17, 15) is 4.79 Å². The van der Waals surface area contributed by atoms with Gasteiger partial charge in [0.15, 0.2) is 5.82 Å². The molecule has 2 aromatic heterocycles. The average Bonchev–Trinajstić information content (AvgIpc) is 3.21. The van der Waals surface area contributed by atoms with Crippen LogP contribution in [0.2, 0.25) is 0 Å². The van der Waals surface area contributed by atoms with Crippen LogP contribution in [-0.4, -0.2) is 68.2 Å². The highest BCUT2D eigenvalue weighted by Crippen LogP contribution is 2.31. The Kier molecular flexibility index (Phi) is 5.46. The lowest BCUT2D eigenvalue weighted by molar-refractivity contribution is 0.117. The summed E-state index contributed by atoms with van der Waals surface area (Å²) < 4.78 is 1.90. The van der Waals surface area contributed by atoms with Gasteiger partial charge < -0.3 is 9.88 Å². The van der Waals surface area contributed by atoms with E-state index in [1.807, 2.05) is 22.9 Å². The molecular weight excluding hydrogens is 378 g/mol. The number of pyridine rings is 1. The van der Waals surface area contributed by atoms with Gasteiger partial charge in [-0.3, -0.25) is 9.69 Å². The molecule has 1 fully saturated rings. The molecule has 1 aliphatic rings. The van der Waals surface area contributed by atoms with Gasteiger partial charge in [-0.1, -0.05) is 18.6 Å². The van der Waals surface area contributed by atoms with Crippen molar-refractivity contribution in [2.45, 2.75) is 45.7 Å². The van der Waals surface area contributed by atoms with E-state index in [0.717, 1.165) is 54.9 Å². The van der Waals surface area contributed by atoms with Gasteiger partial charge in [-0.15, -0.1) is 5.10 Å². The van der Waals surface area contributed by atoms with Crippen molar-refractivity contribution in [1.82, 2.24) is 35.0 Å². The minimum atomic E-state index is -0.298. The maximum absolute atomic E-state index is 13.2. The molecule has 0 spiro atoms. The molecule has 1 N–H and O–H groups in total. The molecule has 3 aromatic rings. The fourth-order valence-electron chi connectivity index (χ4n) is 4.07. The van der Waals surface area contributed by atoms with Crippen LogP contribution in [0.4, 0.5) is 0 Å². The van der Waals surface area contributed by atoms with E-state index in [4.69, 9.17) is 0 Å². The largest absolute Gasteiger partial charge is 0.322 e. The number of aromatic amines is 1. The molecule has 30 heavy (non-hydrogen) atoms. The first kappa shape index (κ1) is 20.7. The topological polar surface area (TPSA) is 82.9 Å². The summed E-state index contributed by atoms with van der Waals surface area (Å²) in [6.07, 6.45) is 0.883. The van der Waals surface area contributed by atoms with Crippen molar-refractivity contribution >= 4 is 10.9 Å². The molecule has 1 saturated heterocycles. The van der Waals surface area contributed by atoms with Gasteiger partial charge in [-0.25, -0.2) is 4.68 Å². The van der Waals surface area contributed by atoms with Gasteiger partial charge in [0.1, 0.15) is 6.04 Å². The van der Waals surface area contributed by atoms with Gasteiger partial charge in [0.2, 0.25) is 0 Å². The zero-order chi connectivity index (χ0) is 21.5. The maximum Gasteiger partial charge on any atom is 0.253 e. The highest BCUT2D eigenvalue weighted by molar-refractivity contribution is 5.79. The number of hydrogen-bond donors (Lipinski definition) is 1. The standard InChI is InChI=1S/C22H31N7O/c1-6-22(3,4)29-20(24-25-26-29)19(28-11-9-27(5)10-12-28)17-14-16-13-15(2)7-8-18(16)23-21(17)30/h7-8,13-14,19H,6,9-12H2,1-5H3,(H,23,30)/t19-/m0/s1. The number of likely N-dealkylation sites (N-methyl/N-ethyl adjacent to an activating group) is 1. The molecule has 1 atom stereocenters. The average molecular weight is 410 g/mol. The Morgan fingerprint density at radius 3 is 2.60 bits per heavy atom. The van der Waals surface area contributed by atoms with E-state index in [-0.39, 0.29) is 17.1 Å². The van der Waals surface area contributed by atoms with Crippen LogP contribution in [0, 0.1) is 6.92 Å². The Balaban J connectivity index is 1.89. The summed E-state index contributed by atoms with van der Waals surface area (Å²) in [5.74, 6) is 0.726. The normalized spacial score (nSPS) is 17.5. The number of H-pyrrole nitrogens is 1. The Morgan fingerprint density at radius 1 is 1.17 bits per heavy atom. The minimum absolute atomic E-state index is 0.0841.